The first-order valence-electron chi connectivity index (χ1n) is 11.2. The summed E-state index contributed by atoms with van der Waals surface area (Å²) in [7, 11) is -3.65. The molecular formula is C24H28N4O4S. The number of hydrogen-bond acceptors (Lipinski definition) is 5. The highest BCUT2D eigenvalue weighted by molar-refractivity contribution is 7.89. The van der Waals surface area contributed by atoms with Gasteiger partial charge in [-0.15, -0.1) is 0 Å². The second-order valence-electron chi connectivity index (χ2n) is 8.39. The van der Waals surface area contributed by atoms with Crippen LogP contribution in [0.4, 0.5) is 0 Å². The van der Waals surface area contributed by atoms with E-state index in [-0.39, 0.29) is 23.4 Å². The largest absolute Gasteiger partial charge is 0.354 e. The molecule has 1 fully saturated rings. The highest BCUT2D eigenvalue weighted by Gasteiger charge is 2.31. The van der Waals surface area contributed by atoms with Crippen molar-refractivity contribution in [1.29, 1.82) is 0 Å². The lowest BCUT2D eigenvalue weighted by Crippen LogP contribution is -2.41. The first-order valence-corrected chi connectivity index (χ1v) is 12.6. The van der Waals surface area contributed by atoms with Gasteiger partial charge in [0.2, 0.25) is 15.9 Å². The van der Waals surface area contributed by atoms with Crippen LogP contribution in [-0.4, -0.2) is 47.3 Å². The molecule has 33 heavy (non-hydrogen) atoms. The summed E-state index contributed by atoms with van der Waals surface area (Å²) in [6.45, 7) is 2.69. The van der Waals surface area contributed by atoms with Gasteiger partial charge < -0.3 is 5.32 Å². The molecule has 2 heterocycles. The zero-order valence-corrected chi connectivity index (χ0v) is 19.4. The van der Waals surface area contributed by atoms with Crippen molar-refractivity contribution >= 4 is 26.8 Å². The average Bonchev–Trinajstić information content (AvgIpc) is 2.81. The molecule has 4 rings (SSSR count). The number of carbonyl (C=O) groups excluding carboxylic acids is 1. The number of carbonyl (C=O) groups is 1. The number of sulfonamides is 1. The minimum Gasteiger partial charge on any atom is -0.354 e. The van der Waals surface area contributed by atoms with Gasteiger partial charge in [-0.05, 0) is 49.9 Å². The van der Waals surface area contributed by atoms with Crippen molar-refractivity contribution in [1.82, 2.24) is 19.2 Å². The van der Waals surface area contributed by atoms with Crippen molar-refractivity contribution < 1.29 is 13.2 Å². The van der Waals surface area contributed by atoms with E-state index in [1.165, 1.54) is 22.9 Å². The Balaban J connectivity index is 1.53. The molecule has 0 bridgehead atoms. The third-order valence-corrected chi connectivity index (χ3v) is 8.07. The lowest BCUT2D eigenvalue weighted by molar-refractivity contribution is -0.121. The van der Waals surface area contributed by atoms with E-state index < -0.39 is 15.7 Å². The van der Waals surface area contributed by atoms with Crippen LogP contribution < -0.4 is 11.0 Å². The summed E-state index contributed by atoms with van der Waals surface area (Å²) in [5, 5.41) is 3.32. The highest BCUT2D eigenvalue weighted by Crippen LogP contribution is 2.26. The van der Waals surface area contributed by atoms with Crippen LogP contribution >= 0.6 is 0 Å². The van der Waals surface area contributed by atoms with Gasteiger partial charge in [0.1, 0.15) is 6.54 Å². The quantitative estimate of drug-likeness (QED) is 0.573. The smallest absolute Gasteiger partial charge is 0.348 e. The highest BCUT2D eigenvalue weighted by atomic mass is 32.2. The summed E-state index contributed by atoms with van der Waals surface area (Å²) in [6.07, 6.45) is 4.75. The maximum Gasteiger partial charge on any atom is 0.348 e. The van der Waals surface area contributed by atoms with Crippen LogP contribution in [0.15, 0.2) is 64.4 Å². The summed E-state index contributed by atoms with van der Waals surface area (Å²) >= 11 is 0. The lowest BCUT2D eigenvalue weighted by Gasteiger charge is -2.32. The summed E-state index contributed by atoms with van der Waals surface area (Å²) in [5.41, 5.74) is 1.03. The average molecular weight is 469 g/mol. The lowest BCUT2D eigenvalue weighted by atomic mass is 10.1. The molecule has 9 heteroatoms. The van der Waals surface area contributed by atoms with E-state index >= 15 is 0 Å². The summed E-state index contributed by atoms with van der Waals surface area (Å²) < 4.78 is 29.2. The normalized spacial score (nSPS) is 17.2. The zero-order valence-electron chi connectivity index (χ0n) is 18.6. The van der Waals surface area contributed by atoms with Gasteiger partial charge in [0, 0.05) is 30.7 Å². The number of aromatic nitrogens is 2. The Kier molecular flexibility index (Phi) is 6.90. The van der Waals surface area contributed by atoms with E-state index in [4.69, 9.17) is 0 Å². The maximum atomic E-state index is 13.2. The fraction of sp³-hybridized carbons (Fsp3) is 0.375. The molecule has 8 nitrogen and oxygen atoms in total. The predicted octanol–water partition coefficient (Wildman–Crippen LogP) is 2.32. The van der Waals surface area contributed by atoms with E-state index in [0.29, 0.717) is 30.4 Å². The minimum absolute atomic E-state index is 0.0499. The SMILES string of the molecule is C[C@H]1CCCCN1S(=O)(=O)c1ccc2c(cnc(=O)n2CC(=O)NCCc2ccccc2)c1. The van der Waals surface area contributed by atoms with Gasteiger partial charge in [0.05, 0.1) is 10.4 Å². The second kappa shape index (κ2) is 9.84. The van der Waals surface area contributed by atoms with E-state index in [1.54, 1.807) is 10.4 Å². The van der Waals surface area contributed by atoms with Crippen molar-refractivity contribution in [2.24, 2.45) is 0 Å². The zero-order chi connectivity index (χ0) is 23.4. The van der Waals surface area contributed by atoms with Crippen LogP contribution in [0.25, 0.3) is 10.9 Å². The van der Waals surface area contributed by atoms with Gasteiger partial charge in [0.15, 0.2) is 0 Å². The molecule has 1 N–H and O–H groups in total. The second-order valence-corrected chi connectivity index (χ2v) is 10.3. The van der Waals surface area contributed by atoms with Crippen LogP contribution in [0.2, 0.25) is 0 Å². The van der Waals surface area contributed by atoms with Crippen molar-refractivity contribution in [3.63, 3.8) is 0 Å². The van der Waals surface area contributed by atoms with Crippen LogP contribution in [-0.2, 0) is 27.8 Å². The Bertz CT molecular complexity index is 1310. The number of nitrogens with zero attached hydrogens (tertiary/aromatic N) is 3. The molecule has 1 aliphatic rings. The number of nitrogens with one attached hydrogen (secondary N) is 1. The molecule has 174 valence electrons. The van der Waals surface area contributed by atoms with Gasteiger partial charge >= 0.3 is 5.69 Å². The topological polar surface area (TPSA) is 101 Å². The van der Waals surface area contributed by atoms with Crippen LogP contribution in [0.1, 0.15) is 31.7 Å². The summed E-state index contributed by atoms with van der Waals surface area (Å²) in [6, 6.07) is 14.4. The van der Waals surface area contributed by atoms with Crippen molar-refractivity contribution in [2.75, 3.05) is 13.1 Å². The fourth-order valence-electron chi connectivity index (χ4n) is 4.25. The Morgan fingerprint density at radius 1 is 1.15 bits per heavy atom. The molecule has 3 aromatic rings. The first kappa shape index (κ1) is 23.1. The van der Waals surface area contributed by atoms with Gasteiger partial charge in [-0.3, -0.25) is 9.36 Å². The first-order chi connectivity index (χ1) is 15.9. The molecule has 0 aliphatic carbocycles. The Morgan fingerprint density at radius 2 is 1.94 bits per heavy atom. The van der Waals surface area contributed by atoms with Crippen LogP contribution in [0, 0.1) is 0 Å². The number of benzene rings is 2. The molecule has 1 atom stereocenters. The molecule has 1 aromatic heterocycles. The molecule has 0 unspecified atom stereocenters. The number of rotatable bonds is 7. The van der Waals surface area contributed by atoms with E-state index in [1.807, 2.05) is 37.3 Å². The predicted molar refractivity (Wildman–Crippen MR) is 126 cm³/mol. The molecule has 0 radical (unpaired) electrons. The molecular weight excluding hydrogens is 440 g/mol. The maximum absolute atomic E-state index is 13.2. The molecule has 1 saturated heterocycles. The third-order valence-electron chi connectivity index (χ3n) is 6.06. The number of piperidine rings is 1. The van der Waals surface area contributed by atoms with Gasteiger partial charge in [-0.2, -0.15) is 4.31 Å². The Hall–Kier alpha value is -3.04. The number of fused-ring (bicyclic) bond motifs is 1. The van der Waals surface area contributed by atoms with Crippen molar-refractivity contribution in [3.8, 4) is 0 Å². The van der Waals surface area contributed by atoms with Crippen LogP contribution in [0.5, 0.6) is 0 Å². The molecule has 2 aromatic carbocycles. The molecule has 0 spiro atoms. The van der Waals surface area contributed by atoms with E-state index in [0.717, 1.165) is 24.8 Å². The Morgan fingerprint density at radius 3 is 2.70 bits per heavy atom. The summed E-state index contributed by atoms with van der Waals surface area (Å²) in [4.78, 5) is 28.9. The van der Waals surface area contributed by atoms with Crippen molar-refractivity contribution in [3.05, 3.63) is 70.8 Å². The fourth-order valence-corrected chi connectivity index (χ4v) is 5.98. The number of hydrogen-bond donors (Lipinski definition) is 1. The Labute approximate surface area is 193 Å². The third kappa shape index (κ3) is 5.15. The minimum atomic E-state index is -3.65. The molecule has 0 saturated carbocycles. The molecule has 1 amide bonds. The van der Waals surface area contributed by atoms with Gasteiger partial charge in [-0.25, -0.2) is 18.2 Å². The van der Waals surface area contributed by atoms with Gasteiger partial charge in [-0.1, -0.05) is 36.8 Å². The number of amides is 1. The van der Waals surface area contributed by atoms with Gasteiger partial charge in [0.25, 0.3) is 0 Å². The van der Waals surface area contributed by atoms with Crippen molar-refractivity contribution in [2.45, 2.75) is 50.1 Å². The molecule has 1 aliphatic heterocycles. The van der Waals surface area contributed by atoms with E-state index in [2.05, 4.69) is 10.3 Å². The van der Waals surface area contributed by atoms with E-state index in [9.17, 15) is 18.0 Å². The summed E-state index contributed by atoms with van der Waals surface area (Å²) in [5.74, 6) is -0.304. The standard InChI is InChI=1S/C24H28N4O4S/c1-18-7-5-6-14-28(18)33(31,32)21-10-11-22-20(15-21)16-26-24(30)27(22)17-23(29)25-13-12-19-8-3-2-4-9-19/h2-4,8-11,15-16,18H,5-7,12-14,17H2,1H3,(H,25,29)/t18-/m0/s1. The van der Waals surface area contributed by atoms with Crippen LogP contribution in [0.3, 0.4) is 0 Å². The monoisotopic (exact) mass is 468 g/mol.